The number of benzene rings is 2. The number of rotatable bonds is 6. The van der Waals surface area contributed by atoms with Gasteiger partial charge in [0.05, 0.1) is 5.52 Å². The van der Waals surface area contributed by atoms with Crippen LogP contribution in [0.4, 0.5) is 5.82 Å². The molecule has 2 N–H and O–H groups in total. The Bertz CT molecular complexity index is 1010. The fourth-order valence-electron chi connectivity index (χ4n) is 3.96. The van der Waals surface area contributed by atoms with Gasteiger partial charge < -0.3 is 15.4 Å². The van der Waals surface area contributed by atoms with Crippen LogP contribution >= 0.6 is 11.6 Å². The fourth-order valence-corrected chi connectivity index (χ4v) is 4.09. The van der Waals surface area contributed by atoms with Gasteiger partial charge in [-0.2, -0.15) is 0 Å². The molecule has 6 heteroatoms. The van der Waals surface area contributed by atoms with Crippen molar-refractivity contribution in [3.05, 3.63) is 65.2 Å². The van der Waals surface area contributed by atoms with Crippen LogP contribution in [-0.2, 0) is 4.79 Å². The molecule has 30 heavy (non-hydrogen) atoms. The van der Waals surface area contributed by atoms with Crippen molar-refractivity contribution in [2.24, 2.45) is 0 Å². The number of amides is 1. The molecule has 1 aromatic heterocycles. The molecule has 0 bridgehead atoms. The molecule has 5 nitrogen and oxygen atoms in total. The summed E-state index contributed by atoms with van der Waals surface area (Å²) >= 11 is 5.86. The van der Waals surface area contributed by atoms with E-state index < -0.39 is 0 Å². The van der Waals surface area contributed by atoms with Crippen LogP contribution in [0.2, 0.25) is 5.02 Å². The molecule has 0 spiro atoms. The molecule has 4 rings (SSSR count). The van der Waals surface area contributed by atoms with Gasteiger partial charge >= 0.3 is 0 Å². The fraction of sp³-hybridized carbons (Fsp3) is 0.333. The predicted octanol–water partition coefficient (Wildman–Crippen LogP) is 5.11. The standard InChI is InChI=1S/C24H26ClN3O2/c1-16-14-23(28-22-5-3-2-4-21(16)22)26-18-8-10-19(11-9-18)27-24(29)15-30-20-12-6-17(25)7-13-20/h2-7,12-14,18-19H,8-11,15H2,1H3,(H,26,28)(H,27,29)/t18-,19+. The number of pyridine rings is 1. The Kier molecular flexibility index (Phi) is 6.38. The molecule has 3 aromatic rings. The van der Waals surface area contributed by atoms with Crippen LogP contribution in [0, 0.1) is 6.92 Å². The maximum atomic E-state index is 12.2. The number of halogens is 1. The number of anilines is 1. The van der Waals surface area contributed by atoms with Crippen molar-refractivity contribution in [3.63, 3.8) is 0 Å². The normalized spacial score (nSPS) is 18.7. The van der Waals surface area contributed by atoms with Crippen molar-refractivity contribution in [2.75, 3.05) is 11.9 Å². The summed E-state index contributed by atoms with van der Waals surface area (Å²) in [6, 6.07) is 17.9. The monoisotopic (exact) mass is 423 g/mol. The average Bonchev–Trinajstić information content (AvgIpc) is 2.75. The van der Waals surface area contributed by atoms with E-state index in [1.807, 2.05) is 18.2 Å². The second-order valence-electron chi connectivity index (χ2n) is 7.84. The summed E-state index contributed by atoms with van der Waals surface area (Å²) in [6.45, 7) is 2.13. The lowest BCUT2D eigenvalue weighted by molar-refractivity contribution is -0.124. The molecule has 156 valence electrons. The average molecular weight is 424 g/mol. The molecule has 1 amide bonds. The Hall–Kier alpha value is -2.79. The zero-order chi connectivity index (χ0) is 20.9. The van der Waals surface area contributed by atoms with Gasteiger partial charge in [-0.15, -0.1) is 0 Å². The van der Waals surface area contributed by atoms with Gasteiger partial charge in [-0.3, -0.25) is 4.79 Å². The van der Waals surface area contributed by atoms with Crippen molar-refractivity contribution < 1.29 is 9.53 Å². The van der Waals surface area contributed by atoms with Crippen LogP contribution in [0.15, 0.2) is 54.6 Å². The third kappa shape index (κ3) is 5.22. The number of fused-ring (bicyclic) bond motifs is 1. The molecule has 1 heterocycles. The number of carbonyl (C=O) groups is 1. The van der Waals surface area contributed by atoms with E-state index in [-0.39, 0.29) is 18.6 Å². The second-order valence-corrected chi connectivity index (χ2v) is 8.28. The number of hydrogen-bond acceptors (Lipinski definition) is 4. The van der Waals surface area contributed by atoms with Crippen LogP contribution in [0.25, 0.3) is 10.9 Å². The van der Waals surface area contributed by atoms with E-state index in [9.17, 15) is 4.79 Å². The predicted molar refractivity (Wildman–Crippen MR) is 121 cm³/mol. The first kappa shape index (κ1) is 20.5. The van der Waals surface area contributed by atoms with Gasteiger partial charge in [0.2, 0.25) is 0 Å². The van der Waals surface area contributed by atoms with Crippen LogP contribution in [-0.4, -0.2) is 29.6 Å². The summed E-state index contributed by atoms with van der Waals surface area (Å²) in [5.74, 6) is 1.48. The molecule has 0 atom stereocenters. The third-order valence-corrected chi connectivity index (χ3v) is 5.80. The lowest BCUT2D eigenvalue weighted by Gasteiger charge is -2.30. The third-order valence-electron chi connectivity index (χ3n) is 5.55. The van der Waals surface area contributed by atoms with Crippen molar-refractivity contribution in [1.82, 2.24) is 10.3 Å². The van der Waals surface area contributed by atoms with Gasteiger partial charge in [-0.05, 0) is 74.6 Å². The van der Waals surface area contributed by atoms with Gasteiger partial charge in [0, 0.05) is 22.5 Å². The number of nitrogens with zero attached hydrogens (tertiary/aromatic N) is 1. The van der Waals surface area contributed by atoms with E-state index in [4.69, 9.17) is 21.3 Å². The summed E-state index contributed by atoms with van der Waals surface area (Å²) < 4.78 is 5.52. The molecule has 0 saturated heterocycles. The van der Waals surface area contributed by atoms with E-state index in [1.54, 1.807) is 24.3 Å². The van der Waals surface area contributed by atoms with Gasteiger partial charge in [-0.25, -0.2) is 4.98 Å². The number of aromatic nitrogens is 1. The molecule has 1 fully saturated rings. The molecule has 1 aliphatic carbocycles. The van der Waals surface area contributed by atoms with E-state index in [2.05, 4.69) is 29.7 Å². The zero-order valence-electron chi connectivity index (χ0n) is 17.0. The number of ether oxygens (including phenoxy) is 1. The number of aryl methyl sites for hydroxylation is 1. The van der Waals surface area contributed by atoms with Crippen LogP contribution in [0.1, 0.15) is 31.2 Å². The SMILES string of the molecule is Cc1cc(N[C@H]2CC[C@@H](NC(=O)COc3ccc(Cl)cc3)CC2)nc2ccccc12. The van der Waals surface area contributed by atoms with Crippen LogP contribution in [0.5, 0.6) is 5.75 Å². The van der Waals surface area contributed by atoms with Crippen LogP contribution in [0.3, 0.4) is 0 Å². The lowest BCUT2D eigenvalue weighted by Crippen LogP contribution is -2.42. The minimum Gasteiger partial charge on any atom is -0.484 e. The van der Waals surface area contributed by atoms with Crippen molar-refractivity contribution in [1.29, 1.82) is 0 Å². The first-order valence-corrected chi connectivity index (χ1v) is 10.8. The topological polar surface area (TPSA) is 63.2 Å². The summed E-state index contributed by atoms with van der Waals surface area (Å²) in [7, 11) is 0. The van der Waals surface area contributed by atoms with Gasteiger partial charge in [-0.1, -0.05) is 29.8 Å². The first-order valence-electron chi connectivity index (χ1n) is 10.4. The molecule has 0 aliphatic heterocycles. The van der Waals surface area contributed by atoms with Gasteiger partial charge in [0.25, 0.3) is 5.91 Å². The maximum absolute atomic E-state index is 12.2. The zero-order valence-corrected chi connectivity index (χ0v) is 17.8. The summed E-state index contributed by atoms with van der Waals surface area (Å²) in [4.78, 5) is 16.9. The number of hydrogen-bond donors (Lipinski definition) is 2. The molecule has 2 aromatic carbocycles. The lowest BCUT2D eigenvalue weighted by atomic mass is 9.91. The van der Waals surface area contributed by atoms with Crippen molar-refractivity contribution in [3.8, 4) is 5.75 Å². The molecular formula is C24H26ClN3O2. The Morgan fingerprint density at radius 3 is 2.53 bits per heavy atom. The Morgan fingerprint density at radius 1 is 1.07 bits per heavy atom. The Morgan fingerprint density at radius 2 is 1.77 bits per heavy atom. The highest BCUT2D eigenvalue weighted by atomic mass is 35.5. The molecule has 1 saturated carbocycles. The Balaban J connectivity index is 1.24. The largest absolute Gasteiger partial charge is 0.484 e. The maximum Gasteiger partial charge on any atom is 0.258 e. The smallest absolute Gasteiger partial charge is 0.258 e. The van der Waals surface area contributed by atoms with E-state index in [0.717, 1.165) is 37.0 Å². The van der Waals surface area contributed by atoms with Crippen LogP contribution < -0.4 is 15.4 Å². The van der Waals surface area contributed by atoms with Crippen molar-refractivity contribution in [2.45, 2.75) is 44.7 Å². The van der Waals surface area contributed by atoms with E-state index >= 15 is 0 Å². The highest BCUT2D eigenvalue weighted by Gasteiger charge is 2.23. The Labute approximate surface area is 181 Å². The number of para-hydroxylation sites is 1. The summed E-state index contributed by atoms with van der Waals surface area (Å²) in [5.41, 5.74) is 2.24. The molecular weight excluding hydrogens is 398 g/mol. The minimum absolute atomic E-state index is 0.0140. The number of nitrogens with one attached hydrogen (secondary N) is 2. The second kappa shape index (κ2) is 9.35. The quantitative estimate of drug-likeness (QED) is 0.578. The first-order chi connectivity index (χ1) is 14.6. The highest BCUT2D eigenvalue weighted by molar-refractivity contribution is 6.30. The van der Waals surface area contributed by atoms with Gasteiger partial charge in [0.1, 0.15) is 11.6 Å². The minimum atomic E-state index is -0.0896. The molecule has 0 unspecified atom stereocenters. The highest BCUT2D eigenvalue weighted by Crippen LogP contribution is 2.25. The van der Waals surface area contributed by atoms with E-state index in [0.29, 0.717) is 16.8 Å². The van der Waals surface area contributed by atoms with E-state index in [1.165, 1.54) is 10.9 Å². The summed E-state index contributed by atoms with van der Waals surface area (Å²) in [5, 5.41) is 8.50. The number of carbonyl (C=O) groups excluding carboxylic acids is 1. The van der Waals surface area contributed by atoms with Crippen molar-refractivity contribution >= 4 is 34.2 Å². The molecule has 0 radical (unpaired) electrons. The molecule has 1 aliphatic rings. The van der Waals surface area contributed by atoms with Gasteiger partial charge in [0.15, 0.2) is 6.61 Å². The summed E-state index contributed by atoms with van der Waals surface area (Å²) in [6.07, 6.45) is 3.88.